The smallest absolute Gasteiger partial charge is 0.151 e. The molecule has 110 valence electrons. The molecular weight excluding hydrogens is 298 g/mol. The zero-order valence-corrected chi connectivity index (χ0v) is 11.8. The summed E-state index contributed by atoms with van der Waals surface area (Å²) < 4.78 is 33.7. The van der Waals surface area contributed by atoms with Gasteiger partial charge in [-0.15, -0.1) is 0 Å². The van der Waals surface area contributed by atoms with Crippen LogP contribution in [0.3, 0.4) is 0 Å². The predicted molar refractivity (Wildman–Crippen MR) is 78.8 cm³/mol. The van der Waals surface area contributed by atoms with Crippen molar-refractivity contribution in [1.29, 1.82) is 0 Å². The molecule has 0 aromatic heterocycles. The van der Waals surface area contributed by atoms with Crippen LogP contribution in [-0.4, -0.2) is 19.2 Å². The van der Waals surface area contributed by atoms with Crippen molar-refractivity contribution in [1.82, 2.24) is 0 Å². The summed E-state index contributed by atoms with van der Waals surface area (Å²) in [5.74, 6) is -0.663. The molecule has 3 rings (SSSR count). The molecular formula is C15H13ClF2N2O. The quantitative estimate of drug-likeness (QED) is 0.893. The molecule has 2 aromatic carbocycles. The van der Waals surface area contributed by atoms with E-state index in [9.17, 15) is 8.78 Å². The van der Waals surface area contributed by atoms with Gasteiger partial charge in [-0.25, -0.2) is 8.78 Å². The van der Waals surface area contributed by atoms with Crippen molar-refractivity contribution in [2.24, 2.45) is 5.73 Å². The second-order valence-corrected chi connectivity index (χ2v) is 5.19. The summed E-state index contributed by atoms with van der Waals surface area (Å²) in [5.41, 5.74) is 6.46. The number of ether oxygens (including phenoxy) is 1. The molecule has 0 aliphatic carbocycles. The van der Waals surface area contributed by atoms with Crippen LogP contribution in [0.2, 0.25) is 5.02 Å². The first-order chi connectivity index (χ1) is 10.1. The monoisotopic (exact) mass is 310 g/mol. The number of rotatable bonds is 2. The third-order valence-electron chi connectivity index (χ3n) is 3.35. The van der Waals surface area contributed by atoms with Gasteiger partial charge in [0.2, 0.25) is 0 Å². The minimum absolute atomic E-state index is 0.120. The fraction of sp³-hybridized carbons (Fsp3) is 0.200. The van der Waals surface area contributed by atoms with E-state index in [2.05, 4.69) is 5.32 Å². The molecule has 3 N–H and O–H groups in total. The van der Waals surface area contributed by atoms with Crippen molar-refractivity contribution in [3.05, 3.63) is 47.0 Å². The Labute approximate surface area is 125 Å². The van der Waals surface area contributed by atoms with Gasteiger partial charge in [-0.1, -0.05) is 17.7 Å². The van der Waals surface area contributed by atoms with Crippen molar-refractivity contribution < 1.29 is 13.5 Å². The van der Waals surface area contributed by atoms with E-state index < -0.39 is 11.6 Å². The molecule has 1 aliphatic heterocycles. The average molecular weight is 311 g/mol. The van der Waals surface area contributed by atoms with E-state index in [-0.39, 0.29) is 22.3 Å². The maximum atomic E-state index is 14.1. The van der Waals surface area contributed by atoms with E-state index in [4.69, 9.17) is 22.1 Å². The first-order valence-corrected chi connectivity index (χ1v) is 6.86. The van der Waals surface area contributed by atoms with Gasteiger partial charge < -0.3 is 15.8 Å². The Balaban J connectivity index is 2.21. The maximum Gasteiger partial charge on any atom is 0.151 e. The topological polar surface area (TPSA) is 47.3 Å². The molecule has 0 radical (unpaired) electrons. The van der Waals surface area contributed by atoms with Crippen LogP contribution in [0, 0.1) is 11.6 Å². The minimum Gasteiger partial charge on any atom is -0.484 e. The highest BCUT2D eigenvalue weighted by Gasteiger charge is 2.25. The zero-order chi connectivity index (χ0) is 15.0. The highest BCUT2D eigenvalue weighted by molar-refractivity contribution is 6.33. The van der Waals surface area contributed by atoms with Crippen molar-refractivity contribution in [2.45, 2.75) is 6.10 Å². The summed E-state index contributed by atoms with van der Waals surface area (Å²) in [5, 5.41) is 3.24. The largest absolute Gasteiger partial charge is 0.484 e. The number of anilines is 1. The van der Waals surface area contributed by atoms with Gasteiger partial charge in [0.1, 0.15) is 17.7 Å². The second-order valence-electron chi connectivity index (χ2n) is 4.78. The molecule has 6 heteroatoms. The molecule has 0 bridgehead atoms. The lowest BCUT2D eigenvalue weighted by molar-refractivity contribution is 0.214. The Morgan fingerprint density at radius 2 is 2.14 bits per heavy atom. The molecule has 3 nitrogen and oxygen atoms in total. The Hall–Kier alpha value is -1.85. The normalized spacial score (nSPS) is 16.9. The number of halogens is 3. The molecule has 0 spiro atoms. The lowest BCUT2D eigenvalue weighted by atomic mass is 10.0. The number of hydrogen-bond donors (Lipinski definition) is 2. The Kier molecular flexibility index (Phi) is 3.69. The molecule has 2 aromatic rings. The van der Waals surface area contributed by atoms with E-state index in [1.807, 2.05) is 0 Å². The van der Waals surface area contributed by atoms with Gasteiger partial charge in [-0.05, 0) is 18.2 Å². The number of hydrogen-bond acceptors (Lipinski definition) is 3. The van der Waals surface area contributed by atoms with E-state index >= 15 is 0 Å². The highest BCUT2D eigenvalue weighted by Crippen LogP contribution is 2.43. The first-order valence-electron chi connectivity index (χ1n) is 6.48. The highest BCUT2D eigenvalue weighted by atomic mass is 35.5. The zero-order valence-electron chi connectivity index (χ0n) is 11.0. The van der Waals surface area contributed by atoms with E-state index in [0.717, 1.165) is 0 Å². The number of nitrogens with one attached hydrogen (secondary N) is 1. The Morgan fingerprint density at radius 1 is 1.33 bits per heavy atom. The van der Waals surface area contributed by atoms with Gasteiger partial charge >= 0.3 is 0 Å². The third kappa shape index (κ3) is 2.54. The fourth-order valence-corrected chi connectivity index (χ4v) is 2.62. The van der Waals surface area contributed by atoms with Crippen LogP contribution in [0.1, 0.15) is 0 Å². The standard InChI is InChI=1S/C15H13ClF2N2O/c16-11-2-1-3-12(18)14(11)10-4-8(17)5-13-15(10)21-9(6-19)7-20-13/h1-5,9,20H,6-7,19H2/t9-/m1/s1. The van der Waals surface area contributed by atoms with Crippen molar-refractivity contribution in [3.63, 3.8) is 0 Å². The fourth-order valence-electron chi connectivity index (χ4n) is 2.36. The summed E-state index contributed by atoms with van der Waals surface area (Å²) in [4.78, 5) is 0. The number of nitrogens with two attached hydrogens (primary N) is 1. The van der Waals surface area contributed by atoms with Crippen LogP contribution in [-0.2, 0) is 0 Å². The van der Waals surface area contributed by atoms with Gasteiger partial charge in [-0.3, -0.25) is 0 Å². The number of fused-ring (bicyclic) bond motifs is 1. The molecule has 0 unspecified atom stereocenters. The van der Waals surface area contributed by atoms with Gasteiger partial charge in [0.05, 0.1) is 17.3 Å². The van der Waals surface area contributed by atoms with Gasteiger partial charge in [-0.2, -0.15) is 0 Å². The van der Waals surface area contributed by atoms with E-state index in [1.54, 1.807) is 6.07 Å². The predicted octanol–water partition coefficient (Wildman–Crippen LogP) is 3.42. The molecule has 1 atom stereocenters. The van der Waals surface area contributed by atoms with Crippen LogP contribution < -0.4 is 15.8 Å². The molecule has 0 fully saturated rings. The van der Waals surface area contributed by atoms with E-state index in [1.165, 1.54) is 24.3 Å². The second kappa shape index (κ2) is 5.50. The molecule has 1 heterocycles. The molecule has 1 aliphatic rings. The van der Waals surface area contributed by atoms with Gasteiger partial charge in [0.25, 0.3) is 0 Å². The lowest BCUT2D eigenvalue weighted by Crippen LogP contribution is -2.37. The summed E-state index contributed by atoms with van der Waals surface area (Å²) in [6.07, 6.45) is -0.257. The Morgan fingerprint density at radius 3 is 2.86 bits per heavy atom. The van der Waals surface area contributed by atoms with Crippen molar-refractivity contribution >= 4 is 17.3 Å². The first kappa shape index (κ1) is 14.1. The van der Waals surface area contributed by atoms with Crippen molar-refractivity contribution in [2.75, 3.05) is 18.4 Å². The van der Waals surface area contributed by atoms with Crippen LogP contribution in [0.5, 0.6) is 5.75 Å². The molecule has 21 heavy (non-hydrogen) atoms. The molecule has 0 amide bonds. The number of benzene rings is 2. The van der Waals surface area contributed by atoms with Crippen molar-refractivity contribution in [3.8, 4) is 16.9 Å². The van der Waals surface area contributed by atoms with Crippen LogP contribution in [0.4, 0.5) is 14.5 Å². The van der Waals surface area contributed by atoms with Gasteiger partial charge in [0.15, 0.2) is 5.75 Å². The summed E-state index contributed by atoms with van der Waals surface area (Å²) in [6.45, 7) is 0.770. The Bertz CT molecular complexity index is 673. The van der Waals surface area contributed by atoms with E-state index in [0.29, 0.717) is 24.5 Å². The molecule has 0 saturated heterocycles. The molecule has 0 saturated carbocycles. The van der Waals surface area contributed by atoms with Crippen LogP contribution in [0.25, 0.3) is 11.1 Å². The SMILES string of the molecule is NC[C@@H]1CNc2cc(F)cc(-c3c(F)cccc3Cl)c2O1. The maximum absolute atomic E-state index is 14.1. The lowest BCUT2D eigenvalue weighted by Gasteiger charge is -2.28. The summed E-state index contributed by atoms with van der Waals surface area (Å²) in [7, 11) is 0. The summed E-state index contributed by atoms with van der Waals surface area (Å²) in [6, 6.07) is 6.84. The minimum atomic E-state index is -0.534. The van der Waals surface area contributed by atoms with Crippen LogP contribution >= 0.6 is 11.6 Å². The van der Waals surface area contributed by atoms with Gasteiger partial charge in [0, 0.05) is 23.7 Å². The van der Waals surface area contributed by atoms with Crippen LogP contribution in [0.15, 0.2) is 30.3 Å². The average Bonchev–Trinajstić information content (AvgIpc) is 2.46. The third-order valence-corrected chi connectivity index (χ3v) is 3.67. The summed E-state index contributed by atoms with van der Waals surface area (Å²) >= 11 is 6.07.